The van der Waals surface area contributed by atoms with Gasteiger partial charge < -0.3 is 15.4 Å². The Bertz CT molecular complexity index is 853. The van der Waals surface area contributed by atoms with Crippen molar-refractivity contribution in [1.29, 1.82) is 0 Å². The summed E-state index contributed by atoms with van der Waals surface area (Å²) in [5.41, 5.74) is -0.00418. The number of benzene rings is 2. The van der Waals surface area contributed by atoms with Crippen LogP contribution in [0.3, 0.4) is 0 Å². The van der Waals surface area contributed by atoms with Gasteiger partial charge in [-0.05, 0) is 24.6 Å². The molecule has 2 aromatic carbocycles. The van der Waals surface area contributed by atoms with Crippen LogP contribution in [0.1, 0.15) is 12.5 Å². The SMILES string of the molecule is COc1cccc(NC(=O)CN2C(=O)N[C@](C)(c3ccccc3)C2=O)c1. The smallest absolute Gasteiger partial charge is 0.325 e. The summed E-state index contributed by atoms with van der Waals surface area (Å²) >= 11 is 0. The van der Waals surface area contributed by atoms with E-state index in [9.17, 15) is 14.4 Å². The number of nitrogens with one attached hydrogen (secondary N) is 2. The third-order valence-electron chi connectivity index (χ3n) is 4.28. The summed E-state index contributed by atoms with van der Waals surface area (Å²) in [5.74, 6) is -0.344. The van der Waals surface area contributed by atoms with Crippen LogP contribution < -0.4 is 15.4 Å². The quantitative estimate of drug-likeness (QED) is 0.806. The topological polar surface area (TPSA) is 87.7 Å². The Morgan fingerprint density at radius 3 is 2.58 bits per heavy atom. The van der Waals surface area contributed by atoms with Crippen molar-refractivity contribution in [3.8, 4) is 5.75 Å². The average molecular weight is 353 g/mol. The highest BCUT2D eigenvalue weighted by Crippen LogP contribution is 2.28. The van der Waals surface area contributed by atoms with Crippen LogP contribution in [0, 0.1) is 0 Å². The molecule has 2 N–H and O–H groups in total. The molecule has 26 heavy (non-hydrogen) atoms. The van der Waals surface area contributed by atoms with E-state index in [0.717, 1.165) is 4.90 Å². The Hall–Kier alpha value is -3.35. The van der Waals surface area contributed by atoms with Gasteiger partial charge in [0, 0.05) is 11.8 Å². The van der Waals surface area contributed by atoms with Crippen LogP contribution in [0.4, 0.5) is 10.5 Å². The molecule has 4 amide bonds. The summed E-state index contributed by atoms with van der Waals surface area (Å²) in [6.45, 7) is 1.26. The molecule has 0 aliphatic carbocycles. The Labute approximate surface area is 150 Å². The third kappa shape index (κ3) is 3.23. The van der Waals surface area contributed by atoms with Gasteiger partial charge in [0.15, 0.2) is 0 Å². The number of hydrogen-bond donors (Lipinski definition) is 2. The fourth-order valence-corrected chi connectivity index (χ4v) is 2.85. The highest BCUT2D eigenvalue weighted by molar-refractivity contribution is 6.10. The van der Waals surface area contributed by atoms with Crippen molar-refractivity contribution in [2.75, 3.05) is 19.0 Å². The minimum atomic E-state index is -1.19. The predicted molar refractivity (Wildman–Crippen MR) is 95.7 cm³/mol. The van der Waals surface area contributed by atoms with Gasteiger partial charge in [0.25, 0.3) is 5.91 Å². The highest BCUT2D eigenvalue weighted by atomic mass is 16.5. The van der Waals surface area contributed by atoms with Gasteiger partial charge in [0.2, 0.25) is 5.91 Å². The highest BCUT2D eigenvalue weighted by Gasteiger charge is 2.49. The number of carbonyl (C=O) groups is 3. The molecule has 2 aromatic rings. The lowest BCUT2D eigenvalue weighted by Crippen LogP contribution is -2.42. The van der Waals surface area contributed by atoms with E-state index in [4.69, 9.17) is 4.74 Å². The first-order valence-corrected chi connectivity index (χ1v) is 8.07. The molecule has 0 saturated carbocycles. The molecular formula is C19H19N3O4. The summed E-state index contributed by atoms with van der Waals surface area (Å²) in [6.07, 6.45) is 0. The van der Waals surface area contributed by atoms with Crippen molar-refractivity contribution in [3.05, 3.63) is 60.2 Å². The molecule has 1 heterocycles. The maximum Gasteiger partial charge on any atom is 0.325 e. The zero-order valence-corrected chi connectivity index (χ0v) is 14.5. The lowest BCUT2D eigenvalue weighted by Gasteiger charge is -2.22. The molecule has 134 valence electrons. The van der Waals surface area contributed by atoms with Crippen LogP contribution >= 0.6 is 0 Å². The summed E-state index contributed by atoms with van der Waals surface area (Å²) in [7, 11) is 1.53. The number of anilines is 1. The van der Waals surface area contributed by atoms with Crippen LogP contribution in [0.25, 0.3) is 0 Å². The second kappa shape index (κ2) is 6.87. The summed E-state index contributed by atoms with van der Waals surface area (Å²) in [5, 5.41) is 5.33. The van der Waals surface area contributed by atoms with Crippen LogP contribution in [0.5, 0.6) is 5.75 Å². The molecule has 1 aliphatic heterocycles. The first kappa shape index (κ1) is 17.5. The number of ether oxygens (including phenoxy) is 1. The van der Waals surface area contributed by atoms with Crippen LogP contribution in [-0.2, 0) is 15.1 Å². The Balaban J connectivity index is 1.72. The van der Waals surface area contributed by atoms with Gasteiger partial charge in [0.05, 0.1) is 7.11 Å². The fraction of sp³-hybridized carbons (Fsp3) is 0.211. The molecule has 1 fully saturated rings. The maximum atomic E-state index is 12.8. The molecule has 7 nitrogen and oxygen atoms in total. The lowest BCUT2D eigenvalue weighted by molar-refractivity contribution is -0.133. The van der Waals surface area contributed by atoms with E-state index in [0.29, 0.717) is 17.0 Å². The Morgan fingerprint density at radius 1 is 1.15 bits per heavy atom. The van der Waals surface area contributed by atoms with Gasteiger partial charge in [0.1, 0.15) is 17.8 Å². The summed E-state index contributed by atoms with van der Waals surface area (Å²) in [4.78, 5) is 38.2. The van der Waals surface area contributed by atoms with E-state index in [1.54, 1.807) is 55.5 Å². The normalized spacial score (nSPS) is 19.2. The van der Waals surface area contributed by atoms with Gasteiger partial charge in [-0.15, -0.1) is 0 Å². The average Bonchev–Trinajstić information content (AvgIpc) is 2.87. The first-order chi connectivity index (χ1) is 12.4. The lowest BCUT2D eigenvalue weighted by atomic mass is 9.92. The number of hydrogen-bond acceptors (Lipinski definition) is 4. The van der Waals surface area contributed by atoms with Crippen LogP contribution in [0.15, 0.2) is 54.6 Å². The zero-order valence-electron chi connectivity index (χ0n) is 14.5. The van der Waals surface area contributed by atoms with Crippen molar-refractivity contribution in [1.82, 2.24) is 10.2 Å². The Kier molecular flexibility index (Phi) is 4.62. The van der Waals surface area contributed by atoms with Gasteiger partial charge >= 0.3 is 6.03 Å². The van der Waals surface area contributed by atoms with Gasteiger partial charge in [-0.25, -0.2) is 4.79 Å². The number of amides is 4. The van der Waals surface area contributed by atoms with Crippen molar-refractivity contribution < 1.29 is 19.1 Å². The largest absolute Gasteiger partial charge is 0.497 e. The minimum absolute atomic E-state index is 0.371. The third-order valence-corrected chi connectivity index (χ3v) is 4.28. The Morgan fingerprint density at radius 2 is 1.88 bits per heavy atom. The van der Waals surface area contributed by atoms with Crippen LogP contribution in [-0.4, -0.2) is 36.4 Å². The molecule has 0 unspecified atom stereocenters. The number of methoxy groups -OCH3 is 1. The molecule has 0 radical (unpaired) electrons. The molecule has 0 spiro atoms. The van der Waals surface area contributed by atoms with Gasteiger partial charge in [-0.3, -0.25) is 14.5 Å². The van der Waals surface area contributed by atoms with Crippen molar-refractivity contribution in [2.45, 2.75) is 12.5 Å². The van der Waals surface area contributed by atoms with Crippen molar-refractivity contribution in [2.24, 2.45) is 0 Å². The number of rotatable bonds is 5. The predicted octanol–water partition coefficient (Wildman–Crippen LogP) is 2.10. The molecule has 7 heteroatoms. The second-order valence-corrected chi connectivity index (χ2v) is 6.09. The van der Waals surface area contributed by atoms with E-state index >= 15 is 0 Å². The second-order valence-electron chi connectivity index (χ2n) is 6.09. The molecule has 0 aromatic heterocycles. The molecular weight excluding hydrogens is 334 g/mol. The molecule has 1 saturated heterocycles. The number of imide groups is 1. The van der Waals surface area contributed by atoms with E-state index in [-0.39, 0.29) is 6.54 Å². The molecule has 0 bridgehead atoms. The van der Waals surface area contributed by atoms with Crippen molar-refractivity contribution >= 4 is 23.5 Å². The molecule has 1 atom stereocenters. The van der Waals surface area contributed by atoms with E-state index in [1.165, 1.54) is 7.11 Å². The zero-order chi connectivity index (χ0) is 18.7. The summed E-state index contributed by atoms with van der Waals surface area (Å²) < 4.78 is 5.10. The molecule has 3 rings (SSSR count). The van der Waals surface area contributed by atoms with Crippen molar-refractivity contribution in [3.63, 3.8) is 0 Å². The van der Waals surface area contributed by atoms with E-state index < -0.39 is 23.4 Å². The fourth-order valence-electron chi connectivity index (χ4n) is 2.85. The standard InChI is InChI=1S/C19H19N3O4/c1-19(13-7-4-3-5-8-13)17(24)22(18(25)21-19)12-16(23)20-14-9-6-10-15(11-14)26-2/h3-11H,12H2,1-2H3,(H,20,23)(H,21,25)/t19-/m1/s1. The number of carbonyl (C=O) groups excluding carboxylic acids is 3. The maximum absolute atomic E-state index is 12.8. The van der Waals surface area contributed by atoms with E-state index in [2.05, 4.69) is 10.6 Å². The monoisotopic (exact) mass is 353 g/mol. The minimum Gasteiger partial charge on any atom is -0.497 e. The first-order valence-electron chi connectivity index (χ1n) is 8.07. The number of urea groups is 1. The van der Waals surface area contributed by atoms with Gasteiger partial charge in [-0.1, -0.05) is 36.4 Å². The summed E-state index contributed by atoms with van der Waals surface area (Å²) in [6, 6.07) is 15.2. The number of nitrogens with zero attached hydrogens (tertiary/aromatic N) is 1. The van der Waals surface area contributed by atoms with Crippen LogP contribution in [0.2, 0.25) is 0 Å². The van der Waals surface area contributed by atoms with Gasteiger partial charge in [-0.2, -0.15) is 0 Å². The van der Waals surface area contributed by atoms with E-state index in [1.807, 2.05) is 6.07 Å². The molecule has 1 aliphatic rings.